The summed E-state index contributed by atoms with van der Waals surface area (Å²) in [5.41, 5.74) is 0. The second kappa shape index (κ2) is 14.1. The van der Waals surface area contributed by atoms with Crippen molar-refractivity contribution < 1.29 is 23.4 Å². The highest BCUT2D eigenvalue weighted by Crippen LogP contribution is 2.38. The Hall–Kier alpha value is -0.520. The first-order chi connectivity index (χ1) is 10.6. The molecule has 1 N–H and O–H groups in total. The number of phosphoric acid groups is 1. The van der Waals surface area contributed by atoms with Gasteiger partial charge in [0.25, 0.3) is 7.82 Å². The van der Waals surface area contributed by atoms with Crippen molar-refractivity contribution >= 4 is 14.2 Å². The number of hydrogen-bond donors (Lipinski definition) is 1. The van der Waals surface area contributed by atoms with Crippen LogP contribution in [-0.4, -0.2) is 26.1 Å². The Labute approximate surface area is 134 Å². The summed E-state index contributed by atoms with van der Waals surface area (Å²) in [6.45, 7) is 7.79. The zero-order chi connectivity index (χ0) is 16.7. The zero-order valence-electron chi connectivity index (χ0n) is 14.1. The van der Waals surface area contributed by atoms with E-state index >= 15 is 0 Å². The fourth-order valence-corrected chi connectivity index (χ4v) is 2.31. The van der Waals surface area contributed by atoms with E-state index in [0.29, 0.717) is 0 Å². The lowest BCUT2D eigenvalue weighted by Gasteiger charge is -2.22. The molecular weight excluding hydrogens is 303 g/mol. The second-order valence-electron chi connectivity index (χ2n) is 5.09. The largest absolute Gasteiger partial charge is 0.756 e. The molecule has 22 heavy (non-hydrogen) atoms. The zero-order valence-corrected chi connectivity index (χ0v) is 15.0. The summed E-state index contributed by atoms with van der Waals surface area (Å²) in [7, 11) is -4.00. The van der Waals surface area contributed by atoms with E-state index in [2.05, 4.69) is 27.2 Å². The van der Waals surface area contributed by atoms with Crippen molar-refractivity contribution in [2.24, 2.45) is 4.99 Å². The summed E-state index contributed by atoms with van der Waals surface area (Å²) >= 11 is 0. The quantitative estimate of drug-likeness (QED) is 0.464. The summed E-state index contributed by atoms with van der Waals surface area (Å²) in [5.74, 6) is 0. The van der Waals surface area contributed by atoms with E-state index in [1.54, 1.807) is 0 Å². The molecule has 0 saturated carbocycles. The van der Waals surface area contributed by atoms with Gasteiger partial charge >= 0.3 is 0 Å². The highest BCUT2D eigenvalue weighted by Gasteiger charge is 2.07. The van der Waals surface area contributed by atoms with E-state index in [1.165, 1.54) is 24.3 Å². The molecule has 7 heteroatoms. The van der Waals surface area contributed by atoms with Crippen molar-refractivity contribution in [2.75, 3.05) is 19.8 Å². The van der Waals surface area contributed by atoms with Crippen molar-refractivity contribution in [2.45, 2.75) is 59.3 Å². The van der Waals surface area contributed by atoms with Gasteiger partial charge in [0.2, 0.25) is 0 Å². The van der Waals surface area contributed by atoms with Crippen LogP contribution in [0.4, 0.5) is 0 Å². The standard InChI is InChI=1S/C8H19O4P.C7H12N2/c1-3-5-7-11-13(9,10)12-8-6-4-2;1-2-3-5-9-6-4-8-7-9/h3-8H2,1-2H3,(H,9,10);4,6-7H,2-3,5H2,1H3. The molecule has 0 aliphatic carbocycles. The maximum Gasteiger partial charge on any atom is 0.267 e. The van der Waals surface area contributed by atoms with Crippen LogP contribution in [0.5, 0.6) is 0 Å². The molecule has 0 saturated heterocycles. The van der Waals surface area contributed by atoms with Gasteiger partial charge < -0.3 is 13.9 Å². The van der Waals surface area contributed by atoms with E-state index in [1.807, 2.05) is 26.4 Å². The van der Waals surface area contributed by atoms with Crippen LogP contribution in [0.25, 0.3) is 0 Å². The van der Waals surface area contributed by atoms with Crippen LogP contribution in [0.15, 0.2) is 17.4 Å². The molecule has 0 aromatic heterocycles. The van der Waals surface area contributed by atoms with Gasteiger partial charge in [0.05, 0.1) is 26.0 Å². The molecule has 1 aliphatic rings. The van der Waals surface area contributed by atoms with E-state index in [9.17, 15) is 9.46 Å². The predicted molar refractivity (Wildman–Crippen MR) is 87.7 cm³/mol. The molecular formula is C15H31N2O4P. The molecule has 0 aromatic carbocycles. The molecule has 0 spiro atoms. The highest BCUT2D eigenvalue weighted by molar-refractivity contribution is 7.45. The lowest BCUT2D eigenvalue weighted by molar-refractivity contribution is -0.736. The van der Waals surface area contributed by atoms with Gasteiger partial charge in [-0.15, -0.1) is 0 Å². The third-order valence-electron chi connectivity index (χ3n) is 2.93. The van der Waals surface area contributed by atoms with Crippen LogP contribution < -0.4 is 9.79 Å². The number of nitrogens with one attached hydrogen (secondary N) is 1. The van der Waals surface area contributed by atoms with Crippen molar-refractivity contribution in [3.63, 3.8) is 0 Å². The SMILES string of the molecule is CCCCOP(=O)([O-])OCCCC.CCCC[NH+]1C=CN=C1. The minimum Gasteiger partial charge on any atom is -0.756 e. The number of phosphoric ester groups is 1. The second-order valence-corrected chi connectivity index (χ2v) is 6.50. The van der Waals surface area contributed by atoms with Gasteiger partial charge in [0, 0.05) is 0 Å². The predicted octanol–water partition coefficient (Wildman–Crippen LogP) is 2.27. The molecule has 0 amide bonds. The Morgan fingerprint density at radius 3 is 2.00 bits per heavy atom. The number of nitrogens with zero attached hydrogens (tertiary/aromatic N) is 1. The molecule has 0 bridgehead atoms. The first kappa shape index (κ1) is 21.5. The van der Waals surface area contributed by atoms with Crippen LogP contribution >= 0.6 is 7.82 Å². The highest BCUT2D eigenvalue weighted by atomic mass is 31.2. The van der Waals surface area contributed by atoms with Crippen LogP contribution in [0.2, 0.25) is 0 Å². The summed E-state index contributed by atoms with van der Waals surface area (Å²) in [5, 5.41) is 0. The summed E-state index contributed by atoms with van der Waals surface area (Å²) < 4.78 is 20.2. The number of aliphatic imine (C=N–C) groups is 1. The number of hydrogen-bond acceptors (Lipinski definition) is 5. The first-order valence-corrected chi connectivity index (χ1v) is 9.67. The van der Waals surface area contributed by atoms with Gasteiger partial charge in [-0.05, 0) is 19.3 Å². The van der Waals surface area contributed by atoms with Gasteiger partial charge in [0.1, 0.15) is 6.20 Å². The summed E-state index contributed by atoms with van der Waals surface area (Å²) in [4.78, 5) is 16.3. The van der Waals surface area contributed by atoms with Gasteiger partial charge in [-0.25, -0.2) is 4.99 Å². The molecule has 0 radical (unpaired) electrons. The van der Waals surface area contributed by atoms with Crippen molar-refractivity contribution in [3.05, 3.63) is 12.4 Å². The topological polar surface area (TPSA) is 75.4 Å². The Bertz CT molecular complexity index is 335. The molecule has 130 valence electrons. The van der Waals surface area contributed by atoms with Gasteiger partial charge in [0.15, 0.2) is 6.34 Å². The first-order valence-electron chi connectivity index (χ1n) is 8.21. The third-order valence-corrected chi connectivity index (χ3v) is 3.93. The Morgan fingerprint density at radius 1 is 1.05 bits per heavy atom. The summed E-state index contributed by atoms with van der Waals surface area (Å²) in [6.07, 6.45) is 11.7. The van der Waals surface area contributed by atoms with Crippen LogP contribution in [-0.2, 0) is 13.6 Å². The minimum atomic E-state index is -4.00. The van der Waals surface area contributed by atoms with Crippen LogP contribution in [0, 0.1) is 0 Å². The van der Waals surface area contributed by atoms with Crippen molar-refractivity contribution in [3.8, 4) is 0 Å². The van der Waals surface area contributed by atoms with E-state index in [-0.39, 0.29) is 13.2 Å². The van der Waals surface area contributed by atoms with Gasteiger partial charge in [-0.3, -0.25) is 9.46 Å². The van der Waals surface area contributed by atoms with Crippen molar-refractivity contribution in [1.29, 1.82) is 0 Å². The van der Waals surface area contributed by atoms with E-state index in [0.717, 1.165) is 25.7 Å². The monoisotopic (exact) mass is 334 g/mol. The normalized spacial score (nSPS) is 16.6. The Balaban J connectivity index is 0.000000425. The Morgan fingerprint density at radius 2 is 1.59 bits per heavy atom. The number of unbranched alkanes of at least 4 members (excludes halogenated alkanes) is 3. The maximum atomic E-state index is 11.0. The van der Waals surface area contributed by atoms with Gasteiger partial charge in [-0.2, -0.15) is 0 Å². The molecule has 1 rings (SSSR count). The molecule has 1 atom stereocenters. The number of quaternary nitrogens is 1. The van der Waals surface area contributed by atoms with Crippen LogP contribution in [0.1, 0.15) is 59.3 Å². The average Bonchev–Trinajstić information content (AvgIpc) is 2.99. The van der Waals surface area contributed by atoms with Crippen molar-refractivity contribution in [1.82, 2.24) is 0 Å². The Kier molecular flexibility index (Phi) is 13.8. The lowest BCUT2D eigenvalue weighted by atomic mass is 10.3. The smallest absolute Gasteiger partial charge is 0.267 e. The maximum absolute atomic E-state index is 11.0. The molecule has 1 aliphatic heterocycles. The molecule has 1 unspecified atom stereocenters. The summed E-state index contributed by atoms with van der Waals surface area (Å²) in [6, 6.07) is 0. The molecule has 0 fully saturated rings. The molecule has 1 heterocycles. The molecule has 6 nitrogen and oxygen atoms in total. The van der Waals surface area contributed by atoms with E-state index in [4.69, 9.17) is 0 Å². The fourth-order valence-electron chi connectivity index (χ4n) is 1.53. The van der Waals surface area contributed by atoms with Crippen LogP contribution in [0.3, 0.4) is 0 Å². The fraction of sp³-hybridized carbons (Fsp3) is 0.800. The van der Waals surface area contributed by atoms with Gasteiger partial charge in [-0.1, -0.05) is 40.0 Å². The molecule has 0 aromatic rings. The minimum absolute atomic E-state index is 0.226. The average molecular weight is 334 g/mol. The number of rotatable bonds is 11. The lowest BCUT2D eigenvalue weighted by Crippen LogP contribution is -3.05. The van der Waals surface area contributed by atoms with E-state index < -0.39 is 7.82 Å². The third kappa shape index (κ3) is 13.2.